The van der Waals surface area contributed by atoms with Crippen molar-refractivity contribution in [2.75, 3.05) is 25.0 Å². The molecule has 23 heavy (non-hydrogen) atoms. The number of nitro benzene ring substituents is 1. The molecule has 7 nitrogen and oxygen atoms in total. The predicted octanol–water partition coefficient (Wildman–Crippen LogP) is 2.10. The third-order valence-electron chi connectivity index (χ3n) is 4.22. The molecular weight excluding hydrogens is 294 g/mol. The lowest BCUT2D eigenvalue weighted by Crippen LogP contribution is -2.35. The summed E-state index contributed by atoms with van der Waals surface area (Å²) in [4.78, 5) is 23.4. The van der Waals surface area contributed by atoms with Gasteiger partial charge < -0.3 is 4.90 Å². The minimum atomic E-state index is -0.371. The Morgan fingerprint density at radius 1 is 1.30 bits per heavy atom. The maximum Gasteiger partial charge on any atom is 0.269 e. The number of hydrogen-bond donors (Lipinski definition) is 0. The zero-order valence-corrected chi connectivity index (χ0v) is 13.0. The fraction of sp³-hybridized carbons (Fsp3) is 0.375. The standard InChI is InChI=1S/C16H19N5O2/c1-19(16-17-8-2-9-18-16)15-7-10-20(12-15)11-13-3-5-14(6-4-13)21(22)23/h2-6,8-9,15H,7,10-12H2,1H3. The molecule has 3 rings (SSSR count). The number of benzene rings is 1. The summed E-state index contributed by atoms with van der Waals surface area (Å²) in [5, 5.41) is 10.7. The number of likely N-dealkylation sites (N-methyl/N-ethyl adjacent to an activating group) is 1. The lowest BCUT2D eigenvalue weighted by Gasteiger charge is -2.24. The highest BCUT2D eigenvalue weighted by Gasteiger charge is 2.27. The van der Waals surface area contributed by atoms with Crippen LogP contribution in [0.15, 0.2) is 42.7 Å². The molecule has 0 saturated carbocycles. The first-order valence-electron chi connectivity index (χ1n) is 7.59. The number of rotatable bonds is 5. The molecule has 120 valence electrons. The van der Waals surface area contributed by atoms with Crippen molar-refractivity contribution in [1.29, 1.82) is 0 Å². The molecule has 7 heteroatoms. The molecule has 0 aliphatic carbocycles. The van der Waals surface area contributed by atoms with E-state index in [0.717, 1.165) is 37.6 Å². The van der Waals surface area contributed by atoms with Crippen LogP contribution in [0.2, 0.25) is 0 Å². The number of aromatic nitrogens is 2. The van der Waals surface area contributed by atoms with E-state index in [1.54, 1.807) is 24.5 Å². The van der Waals surface area contributed by atoms with E-state index in [1.807, 2.05) is 25.2 Å². The SMILES string of the molecule is CN(c1ncccn1)C1CCN(Cc2ccc([N+](=O)[O-])cc2)C1. The second-order valence-electron chi connectivity index (χ2n) is 5.76. The highest BCUT2D eigenvalue weighted by Crippen LogP contribution is 2.20. The number of non-ortho nitro benzene ring substituents is 1. The Morgan fingerprint density at radius 2 is 2.00 bits per heavy atom. The fourth-order valence-electron chi connectivity index (χ4n) is 2.89. The summed E-state index contributed by atoms with van der Waals surface area (Å²) in [6, 6.07) is 8.98. The van der Waals surface area contributed by atoms with E-state index in [0.29, 0.717) is 6.04 Å². The van der Waals surface area contributed by atoms with Crippen LogP contribution in [0.3, 0.4) is 0 Å². The van der Waals surface area contributed by atoms with Gasteiger partial charge in [0.05, 0.1) is 4.92 Å². The molecule has 0 radical (unpaired) electrons. The molecule has 1 aromatic carbocycles. The van der Waals surface area contributed by atoms with Crippen molar-refractivity contribution in [2.24, 2.45) is 0 Å². The molecule has 1 saturated heterocycles. The summed E-state index contributed by atoms with van der Waals surface area (Å²) < 4.78 is 0. The van der Waals surface area contributed by atoms with Crippen LogP contribution in [0.4, 0.5) is 11.6 Å². The van der Waals surface area contributed by atoms with E-state index in [9.17, 15) is 10.1 Å². The molecule has 2 aromatic rings. The molecule has 0 amide bonds. The van der Waals surface area contributed by atoms with Crippen molar-refractivity contribution >= 4 is 11.6 Å². The van der Waals surface area contributed by atoms with Crippen LogP contribution in [0.1, 0.15) is 12.0 Å². The van der Waals surface area contributed by atoms with Crippen molar-refractivity contribution in [3.05, 3.63) is 58.4 Å². The molecule has 0 spiro atoms. The number of nitrogens with zero attached hydrogens (tertiary/aromatic N) is 5. The van der Waals surface area contributed by atoms with Crippen LogP contribution in [0, 0.1) is 10.1 Å². The van der Waals surface area contributed by atoms with E-state index in [4.69, 9.17) is 0 Å². The van der Waals surface area contributed by atoms with Gasteiger partial charge in [0.1, 0.15) is 0 Å². The summed E-state index contributed by atoms with van der Waals surface area (Å²) in [6.45, 7) is 2.74. The maximum atomic E-state index is 10.7. The van der Waals surface area contributed by atoms with Crippen LogP contribution >= 0.6 is 0 Å². The number of anilines is 1. The lowest BCUT2D eigenvalue weighted by atomic mass is 10.2. The quantitative estimate of drug-likeness (QED) is 0.621. The van der Waals surface area contributed by atoms with Gasteiger partial charge in [0, 0.05) is 57.3 Å². The summed E-state index contributed by atoms with van der Waals surface area (Å²) >= 11 is 0. The topological polar surface area (TPSA) is 75.4 Å². The Hall–Kier alpha value is -2.54. The Kier molecular flexibility index (Phi) is 4.47. The molecule has 1 fully saturated rings. The maximum absolute atomic E-state index is 10.7. The summed E-state index contributed by atoms with van der Waals surface area (Å²) in [5.41, 5.74) is 1.23. The van der Waals surface area contributed by atoms with Gasteiger partial charge >= 0.3 is 0 Å². The number of nitro groups is 1. The monoisotopic (exact) mass is 313 g/mol. The van der Waals surface area contributed by atoms with Crippen LogP contribution in [-0.2, 0) is 6.54 Å². The molecule has 1 aromatic heterocycles. The van der Waals surface area contributed by atoms with Gasteiger partial charge in [-0.1, -0.05) is 12.1 Å². The van der Waals surface area contributed by atoms with E-state index < -0.39 is 0 Å². The number of likely N-dealkylation sites (tertiary alicyclic amines) is 1. The minimum absolute atomic E-state index is 0.133. The predicted molar refractivity (Wildman–Crippen MR) is 87.2 cm³/mol. The number of hydrogen-bond acceptors (Lipinski definition) is 6. The second-order valence-corrected chi connectivity index (χ2v) is 5.76. The Morgan fingerprint density at radius 3 is 2.65 bits per heavy atom. The zero-order chi connectivity index (χ0) is 16.2. The van der Waals surface area contributed by atoms with E-state index in [-0.39, 0.29) is 10.6 Å². The molecule has 0 N–H and O–H groups in total. The van der Waals surface area contributed by atoms with Gasteiger partial charge in [0.15, 0.2) is 0 Å². The molecule has 1 unspecified atom stereocenters. The summed E-state index contributed by atoms with van der Waals surface area (Å²) in [7, 11) is 2.02. The normalized spacial score (nSPS) is 18.0. The summed E-state index contributed by atoms with van der Waals surface area (Å²) in [5.74, 6) is 0.745. The summed E-state index contributed by atoms with van der Waals surface area (Å²) in [6.07, 6.45) is 4.56. The van der Waals surface area contributed by atoms with Crippen molar-refractivity contribution < 1.29 is 4.92 Å². The molecule has 0 bridgehead atoms. The molecular formula is C16H19N5O2. The molecule has 1 aliphatic rings. The van der Waals surface area contributed by atoms with Crippen molar-refractivity contribution in [3.63, 3.8) is 0 Å². The van der Waals surface area contributed by atoms with Crippen LogP contribution < -0.4 is 4.90 Å². The van der Waals surface area contributed by atoms with Crippen LogP contribution in [0.25, 0.3) is 0 Å². The first-order valence-corrected chi connectivity index (χ1v) is 7.59. The smallest absolute Gasteiger partial charge is 0.269 e. The van der Waals surface area contributed by atoms with E-state index in [1.165, 1.54) is 0 Å². The molecule has 1 atom stereocenters. The van der Waals surface area contributed by atoms with Gasteiger partial charge in [-0.05, 0) is 18.1 Å². The van der Waals surface area contributed by atoms with E-state index >= 15 is 0 Å². The van der Waals surface area contributed by atoms with Crippen molar-refractivity contribution in [3.8, 4) is 0 Å². The first-order chi connectivity index (χ1) is 11.1. The van der Waals surface area contributed by atoms with Crippen molar-refractivity contribution in [1.82, 2.24) is 14.9 Å². The van der Waals surface area contributed by atoms with Gasteiger partial charge in [-0.25, -0.2) is 9.97 Å². The highest BCUT2D eigenvalue weighted by molar-refractivity contribution is 5.33. The second kappa shape index (κ2) is 6.70. The van der Waals surface area contributed by atoms with Crippen LogP contribution in [-0.4, -0.2) is 46.0 Å². The average Bonchev–Trinajstić information content (AvgIpc) is 3.04. The first kappa shape index (κ1) is 15.4. The van der Waals surface area contributed by atoms with Crippen LogP contribution in [0.5, 0.6) is 0 Å². The third kappa shape index (κ3) is 3.62. The minimum Gasteiger partial charge on any atom is -0.340 e. The van der Waals surface area contributed by atoms with E-state index in [2.05, 4.69) is 19.8 Å². The third-order valence-corrected chi connectivity index (χ3v) is 4.22. The molecule has 2 heterocycles. The van der Waals surface area contributed by atoms with Gasteiger partial charge in [0.25, 0.3) is 5.69 Å². The zero-order valence-electron chi connectivity index (χ0n) is 13.0. The Labute approximate surface area is 134 Å². The Balaban J connectivity index is 1.58. The van der Waals surface area contributed by atoms with Crippen molar-refractivity contribution in [2.45, 2.75) is 19.0 Å². The largest absolute Gasteiger partial charge is 0.340 e. The Bertz CT molecular complexity index is 662. The highest BCUT2D eigenvalue weighted by atomic mass is 16.6. The fourth-order valence-corrected chi connectivity index (χ4v) is 2.89. The van der Waals surface area contributed by atoms with Gasteiger partial charge in [0.2, 0.25) is 5.95 Å². The molecule has 1 aliphatic heterocycles. The average molecular weight is 313 g/mol. The van der Waals surface area contributed by atoms with Gasteiger partial charge in [-0.2, -0.15) is 0 Å². The van der Waals surface area contributed by atoms with Gasteiger partial charge in [-0.15, -0.1) is 0 Å². The lowest BCUT2D eigenvalue weighted by molar-refractivity contribution is -0.384. The van der Waals surface area contributed by atoms with Gasteiger partial charge in [-0.3, -0.25) is 15.0 Å².